The second-order valence-corrected chi connectivity index (χ2v) is 8.96. The molecule has 0 saturated carbocycles. The number of benzene rings is 1. The van der Waals surface area contributed by atoms with Gasteiger partial charge in [-0.2, -0.15) is 0 Å². The second kappa shape index (κ2) is 10.9. The Hall–Kier alpha value is -1.14. The molecule has 1 fully saturated rings. The minimum absolute atomic E-state index is 0.0119. The molecule has 8 heteroatoms. The van der Waals surface area contributed by atoms with Crippen LogP contribution in [0.25, 0.3) is 0 Å². The van der Waals surface area contributed by atoms with E-state index in [2.05, 4.69) is 6.92 Å². The van der Waals surface area contributed by atoms with E-state index in [0.717, 1.165) is 31.0 Å². The normalized spacial score (nSPS) is 22.3. The lowest BCUT2D eigenvalue weighted by molar-refractivity contribution is -0.111. The molecule has 1 aromatic rings. The minimum atomic E-state index is -3.96. The third-order valence-corrected chi connectivity index (χ3v) is 6.47. The highest BCUT2D eigenvalue weighted by atomic mass is 32.2. The summed E-state index contributed by atoms with van der Waals surface area (Å²) < 4.78 is 27.8. The van der Waals surface area contributed by atoms with Crippen molar-refractivity contribution in [1.82, 2.24) is 0 Å². The van der Waals surface area contributed by atoms with Crippen LogP contribution < -0.4 is 4.74 Å². The van der Waals surface area contributed by atoms with E-state index >= 15 is 0 Å². The predicted octanol–water partition coefficient (Wildman–Crippen LogP) is 5.41. The van der Waals surface area contributed by atoms with Crippen LogP contribution in [0.1, 0.15) is 45.4 Å². The first-order valence-corrected chi connectivity index (χ1v) is 11.4. The molecule has 1 heterocycles. The van der Waals surface area contributed by atoms with E-state index in [9.17, 15) is 14.2 Å². The number of hydrogen-bond acceptors (Lipinski definition) is 7. The van der Waals surface area contributed by atoms with Crippen LogP contribution in [0.5, 0.6) is 5.75 Å². The van der Waals surface area contributed by atoms with E-state index < -0.39 is 19.4 Å². The molecule has 1 aliphatic rings. The summed E-state index contributed by atoms with van der Waals surface area (Å²) in [6.45, 7) is 2.16. The number of carbonyl (C=O) groups is 2. The number of ether oxygens (including phenoxy) is 1. The first-order valence-electron chi connectivity index (χ1n) is 8.89. The van der Waals surface area contributed by atoms with Crippen molar-refractivity contribution in [3.63, 3.8) is 0 Å². The molecule has 2 atom stereocenters. The molecule has 0 spiro atoms. The van der Waals surface area contributed by atoms with Crippen LogP contribution in [0.2, 0.25) is 0 Å². The van der Waals surface area contributed by atoms with Crippen LogP contribution >= 0.6 is 19.4 Å². The Labute approximate surface area is 158 Å². The van der Waals surface area contributed by atoms with Gasteiger partial charge in [0.05, 0.1) is 6.61 Å². The van der Waals surface area contributed by atoms with Crippen LogP contribution in [-0.2, 0) is 18.4 Å². The minimum Gasteiger partial charge on any atom is -0.417 e. The van der Waals surface area contributed by atoms with Crippen LogP contribution in [-0.4, -0.2) is 29.3 Å². The third kappa shape index (κ3) is 6.88. The molecule has 26 heavy (non-hydrogen) atoms. The molecular formula is C18H25O6PS. The largest absolute Gasteiger partial charge is 0.439 e. The standard InChI is InChI=1S/C18H25O6PS/c1-2-3-4-5-9-12-17(19)26-14-16-13-22-25(21,24-16)18(20)23-15-10-7-6-8-11-15/h6-8,10-11,16H,2-5,9,12-14H2,1H3. The summed E-state index contributed by atoms with van der Waals surface area (Å²) >= 11 is 1.14. The number of hydrogen-bond donors (Lipinski definition) is 0. The number of unbranched alkanes of at least 4 members (excludes halogenated alkanes) is 4. The number of thioether (sulfide) groups is 1. The summed E-state index contributed by atoms with van der Waals surface area (Å²) in [6, 6.07) is 8.32. The fourth-order valence-electron chi connectivity index (χ4n) is 2.39. The van der Waals surface area contributed by atoms with E-state index in [1.165, 1.54) is 12.8 Å². The van der Waals surface area contributed by atoms with Crippen molar-refractivity contribution >= 4 is 30.2 Å². The molecule has 0 bridgehead atoms. The van der Waals surface area contributed by atoms with E-state index in [-0.39, 0.29) is 17.5 Å². The molecule has 0 amide bonds. The van der Waals surface area contributed by atoms with Gasteiger partial charge in [-0.15, -0.1) is 0 Å². The summed E-state index contributed by atoms with van der Waals surface area (Å²) in [5.74, 6) is 0.590. The summed E-state index contributed by atoms with van der Waals surface area (Å²) in [7, 11) is -3.96. The monoisotopic (exact) mass is 400 g/mol. The van der Waals surface area contributed by atoms with Gasteiger partial charge in [-0.3, -0.25) is 13.8 Å². The molecular weight excluding hydrogens is 375 g/mol. The van der Waals surface area contributed by atoms with Gasteiger partial charge >= 0.3 is 13.3 Å². The molecule has 1 aliphatic heterocycles. The van der Waals surface area contributed by atoms with Crippen LogP contribution in [0.15, 0.2) is 30.3 Å². The van der Waals surface area contributed by atoms with Gasteiger partial charge < -0.3 is 4.74 Å². The van der Waals surface area contributed by atoms with Crippen molar-refractivity contribution < 1.29 is 27.9 Å². The molecule has 144 valence electrons. The lowest BCUT2D eigenvalue weighted by Crippen LogP contribution is -2.14. The first kappa shape index (κ1) is 21.2. The predicted molar refractivity (Wildman–Crippen MR) is 102 cm³/mol. The average Bonchev–Trinajstić information content (AvgIpc) is 3.03. The second-order valence-electron chi connectivity index (χ2n) is 6.05. The van der Waals surface area contributed by atoms with Gasteiger partial charge in [-0.05, 0) is 18.6 Å². The SMILES string of the molecule is CCCCCCCC(=O)SCC1COP(=O)(C(=O)Oc2ccccc2)O1. The highest BCUT2D eigenvalue weighted by molar-refractivity contribution is 8.13. The molecule has 6 nitrogen and oxygen atoms in total. The van der Waals surface area contributed by atoms with Gasteiger partial charge in [0.15, 0.2) is 5.12 Å². The van der Waals surface area contributed by atoms with E-state index in [4.69, 9.17) is 13.8 Å². The fraction of sp³-hybridized carbons (Fsp3) is 0.556. The maximum atomic E-state index is 12.4. The van der Waals surface area contributed by atoms with Gasteiger partial charge in [-0.1, -0.05) is 62.6 Å². The van der Waals surface area contributed by atoms with Gasteiger partial charge in [0.25, 0.3) is 0 Å². The number of carbonyl (C=O) groups excluding carboxylic acids is 2. The molecule has 1 aromatic carbocycles. The molecule has 2 unspecified atom stereocenters. The Kier molecular flexibility index (Phi) is 8.85. The quantitative estimate of drug-likeness (QED) is 0.383. The zero-order valence-corrected chi connectivity index (χ0v) is 16.6. The summed E-state index contributed by atoms with van der Waals surface area (Å²) in [5.41, 5.74) is -1.03. The molecule has 1 saturated heterocycles. The van der Waals surface area contributed by atoms with Crippen molar-refractivity contribution in [3.05, 3.63) is 30.3 Å². The molecule has 0 radical (unpaired) electrons. The molecule has 0 N–H and O–H groups in total. The van der Waals surface area contributed by atoms with Crippen LogP contribution in [0.4, 0.5) is 4.79 Å². The van der Waals surface area contributed by atoms with Crippen LogP contribution in [0, 0.1) is 0 Å². The lowest BCUT2D eigenvalue weighted by atomic mass is 10.1. The Balaban J connectivity index is 1.69. The lowest BCUT2D eigenvalue weighted by Gasteiger charge is -2.10. The molecule has 0 aromatic heterocycles. The topological polar surface area (TPSA) is 78.9 Å². The number of rotatable bonds is 10. The maximum absolute atomic E-state index is 12.4. The van der Waals surface area contributed by atoms with Gasteiger partial charge in [-0.25, -0.2) is 9.36 Å². The first-order chi connectivity index (χ1) is 12.5. The van der Waals surface area contributed by atoms with Crippen LogP contribution in [0.3, 0.4) is 0 Å². The smallest absolute Gasteiger partial charge is 0.417 e. The highest BCUT2D eigenvalue weighted by Crippen LogP contribution is 2.55. The Bertz CT molecular complexity index is 636. The summed E-state index contributed by atoms with van der Waals surface area (Å²) in [5, 5.41) is 0.0821. The zero-order valence-electron chi connectivity index (χ0n) is 14.9. The van der Waals surface area contributed by atoms with Gasteiger partial charge in [0, 0.05) is 12.2 Å². The van der Waals surface area contributed by atoms with Crippen molar-refractivity contribution in [2.75, 3.05) is 12.4 Å². The van der Waals surface area contributed by atoms with Gasteiger partial charge in [0.2, 0.25) is 0 Å². The average molecular weight is 400 g/mol. The van der Waals surface area contributed by atoms with Crippen molar-refractivity contribution in [2.24, 2.45) is 0 Å². The molecule has 2 rings (SSSR count). The summed E-state index contributed by atoms with van der Waals surface area (Å²) in [6.07, 6.45) is 5.44. The highest BCUT2D eigenvalue weighted by Gasteiger charge is 2.46. The fourth-order valence-corrected chi connectivity index (χ4v) is 4.67. The molecule has 0 aliphatic carbocycles. The van der Waals surface area contributed by atoms with Gasteiger partial charge in [0.1, 0.15) is 11.9 Å². The number of para-hydroxylation sites is 1. The maximum Gasteiger partial charge on any atom is 0.439 e. The van der Waals surface area contributed by atoms with E-state index in [1.54, 1.807) is 30.3 Å². The Morgan fingerprint density at radius 1 is 1.19 bits per heavy atom. The van der Waals surface area contributed by atoms with Crippen molar-refractivity contribution in [2.45, 2.75) is 51.6 Å². The summed E-state index contributed by atoms with van der Waals surface area (Å²) in [4.78, 5) is 23.9. The van der Waals surface area contributed by atoms with E-state index in [1.807, 2.05) is 0 Å². The van der Waals surface area contributed by atoms with Crippen molar-refractivity contribution in [1.29, 1.82) is 0 Å². The third-order valence-electron chi connectivity index (χ3n) is 3.80. The van der Waals surface area contributed by atoms with E-state index in [0.29, 0.717) is 12.2 Å². The van der Waals surface area contributed by atoms with Crippen molar-refractivity contribution in [3.8, 4) is 5.75 Å². The zero-order chi connectivity index (χ0) is 18.8. The Morgan fingerprint density at radius 3 is 2.65 bits per heavy atom. The Morgan fingerprint density at radius 2 is 1.92 bits per heavy atom.